The van der Waals surface area contributed by atoms with Crippen LogP contribution in [-0.4, -0.2) is 34.7 Å². The highest BCUT2D eigenvalue weighted by Gasteiger charge is 2.51. The Labute approximate surface area is 104 Å². The van der Waals surface area contributed by atoms with Crippen molar-refractivity contribution >= 4 is 17.9 Å². The molecule has 1 aliphatic carbocycles. The maximum Gasteiger partial charge on any atom is 0.332 e. The molecule has 2 atom stereocenters. The molecule has 2 unspecified atom stereocenters. The zero-order chi connectivity index (χ0) is 13.9. The van der Waals surface area contributed by atoms with E-state index in [1.54, 1.807) is 6.92 Å². The Morgan fingerprint density at radius 1 is 1.39 bits per heavy atom. The van der Waals surface area contributed by atoms with E-state index in [0.29, 0.717) is 0 Å². The lowest BCUT2D eigenvalue weighted by Gasteiger charge is -2.33. The Kier molecular flexibility index (Phi) is 3.90. The van der Waals surface area contributed by atoms with Gasteiger partial charge in [-0.25, -0.2) is 4.79 Å². The van der Waals surface area contributed by atoms with Crippen molar-refractivity contribution in [2.24, 2.45) is 11.3 Å². The average molecular weight is 254 g/mol. The van der Waals surface area contributed by atoms with Gasteiger partial charge in [-0.15, -0.1) is 0 Å². The maximum absolute atomic E-state index is 11.9. The summed E-state index contributed by atoms with van der Waals surface area (Å²) in [5.41, 5.74) is -2.00. The number of hydrogen-bond donors (Lipinski definition) is 2. The van der Waals surface area contributed by atoms with Gasteiger partial charge in [-0.2, -0.15) is 0 Å². The van der Waals surface area contributed by atoms with Crippen molar-refractivity contribution in [1.82, 2.24) is 0 Å². The molecular weight excluding hydrogens is 240 g/mol. The fourth-order valence-electron chi connectivity index (χ4n) is 1.94. The molecule has 0 aliphatic heterocycles. The van der Waals surface area contributed by atoms with Crippen LogP contribution < -0.4 is 0 Å². The molecule has 18 heavy (non-hydrogen) atoms. The molecule has 0 saturated carbocycles. The number of carboxylic acid groups (broad SMARTS) is 2. The van der Waals surface area contributed by atoms with Crippen LogP contribution in [0.5, 0.6) is 0 Å². The number of ether oxygens (including phenoxy) is 1. The summed E-state index contributed by atoms with van der Waals surface area (Å²) in [5.74, 6) is -4.71. The Hall–Kier alpha value is -2.11. The van der Waals surface area contributed by atoms with Gasteiger partial charge in [-0.3, -0.25) is 9.59 Å². The predicted molar refractivity (Wildman–Crippen MR) is 60.7 cm³/mol. The van der Waals surface area contributed by atoms with E-state index >= 15 is 0 Å². The predicted octanol–water partition coefficient (Wildman–Crippen LogP) is 0.837. The van der Waals surface area contributed by atoms with E-state index in [9.17, 15) is 14.4 Å². The molecule has 0 aromatic carbocycles. The number of rotatable bonds is 4. The second-order valence-electron chi connectivity index (χ2n) is 4.01. The minimum atomic E-state index is -1.72. The van der Waals surface area contributed by atoms with Crippen LogP contribution in [0.4, 0.5) is 0 Å². The van der Waals surface area contributed by atoms with E-state index in [0.717, 1.165) is 0 Å². The number of esters is 1. The maximum atomic E-state index is 11.9. The van der Waals surface area contributed by atoms with Crippen LogP contribution in [0, 0.1) is 11.3 Å². The SMILES string of the molecule is CCOC(=O)C1(C)C(C(=O)O)=CC=CC1C(=O)O. The number of hydrogen-bond acceptors (Lipinski definition) is 4. The number of carbonyl (C=O) groups is 3. The fraction of sp³-hybridized carbons (Fsp3) is 0.417. The van der Waals surface area contributed by atoms with Crippen molar-refractivity contribution in [1.29, 1.82) is 0 Å². The summed E-state index contributed by atoms with van der Waals surface area (Å²) in [6.45, 7) is 2.89. The smallest absolute Gasteiger partial charge is 0.332 e. The van der Waals surface area contributed by atoms with Gasteiger partial charge < -0.3 is 14.9 Å². The third kappa shape index (κ3) is 2.13. The van der Waals surface area contributed by atoms with E-state index in [4.69, 9.17) is 14.9 Å². The number of allylic oxidation sites excluding steroid dienone is 2. The molecule has 0 bridgehead atoms. The van der Waals surface area contributed by atoms with Crippen molar-refractivity contribution in [3.8, 4) is 0 Å². The summed E-state index contributed by atoms with van der Waals surface area (Å²) in [6.07, 6.45) is 3.83. The molecule has 1 aliphatic rings. The van der Waals surface area contributed by atoms with Gasteiger partial charge in [0.05, 0.1) is 18.1 Å². The summed E-state index contributed by atoms with van der Waals surface area (Å²) < 4.78 is 4.80. The van der Waals surface area contributed by atoms with Crippen LogP contribution in [0.25, 0.3) is 0 Å². The van der Waals surface area contributed by atoms with Gasteiger partial charge in [-0.05, 0) is 13.8 Å². The van der Waals surface area contributed by atoms with Crippen molar-refractivity contribution < 1.29 is 29.3 Å². The molecule has 0 fully saturated rings. The molecule has 0 amide bonds. The first kappa shape index (κ1) is 14.0. The number of carboxylic acids is 2. The van der Waals surface area contributed by atoms with E-state index < -0.39 is 29.2 Å². The summed E-state index contributed by atoms with van der Waals surface area (Å²) in [5, 5.41) is 18.2. The molecule has 0 aromatic heterocycles. The zero-order valence-electron chi connectivity index (χ0n) is 10.0. The molecule has 0 spiro atoms. The van der Waals surface area contributed by atoms with E-state index in [1.807, 2.05) is 0 Å². The lowest BCUT2D eigenvalue weighted by atomic mass is 9.68. The minimum Gasteiger partial charge on any atom is -0.481 e. The Balaban J connectivity index is 3.31. The van der Waals surface area contributed by atoms with Crippen LogP contribution >= 0.6 is 0 Å². The van der Waals surface area contributed by atoms with Crippen LogP contribution in [0.3, 0.4) is 0 Å². The summed E-state index contributed by atoms with van der Waals surface area (Å²) >= 11 is 0. The highest BCUT2D eigenvalue weighted by atomic mass is 16.5. The molecule has 1 rings (SSSR count). The van der Waals surface area contributed by atoms with E-state index in [-0.39, 0.29) is 12.2 Å². The van der Waals surface area contributed by atoms with Crippen LogP contribution in [0.15, 0.2) is 23.8 Å². The number of carbonyl (C=O) groups excluding carboxylic acids is 1. The highest BCUT2D eigenvalue weighted by Crippen LogP contribution is 2.40. The zero-order valence-corrected chi connectivity index (χ0v) is 10.0. The lowest BCUT2D eigenvalue weighted by molar-refractivity contribution is -0.162. The average Bonchev–Trinajstić information content (AvgIpc) is 2.28. The van der Waals surface area contributed by atoms with Gasteiger partial charge in [0, 0.05) is 0 Å². The van der Waals surface area contributed by atoms with E-state index in [2.05, 4.69) is 0 Å². The summed E-state index contributed by atoms with van der Waals surface area (Å²) in [6, 6.07) is 0. The van der Waals surface area contributed by atoms with Gasteiger partial charge >= 0.3 is 17.9 Å². The molecule has 6 nitrogen and oxygen atoms in total. The molecular formula is C12H14O6. The van der Waals surface area contributed by atoms with Gasteiger partial charge in [0.25, 0.3) is 0 Å². The number of aliphatic carboxylic acids is 2. The second kappa shape index (κ2) is 5.03. The van der Waals surface area contributed by atoms with Crippen LogP contribution in [-0.2, 0) is 19.1 Å². The quantitative estimate of drug-likeness (QED) is 0.721. The normalized spacial score (nSPS) is 26.3. The third-order valence-electron chi connectivity index (χ3n) is 2.94. The second-order valence-corrected chi connectivity index (χ2v) is 4.01. The summed E-state index contributed by atoms with van der Waals surface area (Å²) in [4.78, 5) is 34.2. The van der Waals surface area contributed by atoms with Crippen molar-refractivity contribution in [3.63, 3.8) is 0 Å². The minimum absolute atomic E-state index is 0.0530. The lowest BCUT2D eigenvalue weighted by Crippen LogP contribution is -2.45. The van der Waals surface area contributed by atoms with Gasteiger partial charge in [0.1, 0.15) is 5.41 Å². The first-order valence-electron chi connectivity index (χ1n) is 5.38. The Bertz CT molecular complexity index is 447. The van der Waals surface area contributed by atoms with Gasteiger partial charge in [0.15, 0.2) is 0 Å². The van der Waals surface area contributed by atoms with Crippen LogP contribution in [0.1, 0.15) is 13.8 Å². The van der Waals surface area contributed by atoms with Crippen molar-refractivity contribution in [3.05, 3.63) is 23.8 Å². The molecule has 0 aromatic rings. The first-order chi connectivity index (χ1) is 8.35. The molecule has 6 heteroatoms. The van der Waals surface area contributed by atoms with Gasteiger partial charge in [-0.1, -0.05) is 18.2 Å². The van der Waals surface area contributed by atoms with E-state index in [1.165, 1.54) is 25.2 Å². The molecule has 0 radical (unpaired) electrons. The first-order valence-corrected chi connectivity index (χ1v) is 5.38. The standard InChI is InChI=1S/C12H14O6/c1-3-18-11(17)12(2)7(9(13)14)5-4-6-8(12)10(15)16/h4-7H,3H2,1-2H3,(H,13,14)(H,15,16). The topological polar surface area (TPSA) is 101 Å². The fourth-order valence-corrected chi connectivity index (χ4v) is 1.94. The largest absolute Gasteiger partial charge is 0.481 e. The van der Waals surface area contributed by atoms with Crippen molar-refractivity contribution in [2.75, 3.05) is 6.61 Å². The monoisotopic (exact) mass is 254 g/mol. The molecule has 98 valence electrons. The van der Waals surface area contributed by atoms with Crippen LogP contribution in [0.2, 0.25) is 0 Å². The summed E-state index contributed by atoms with van der Waals surface area (Å²) in [7, 11) is 0. The Morgan fingerprint density at radius 3 is 2.44 bits per heavy atom. The Morgan fingerprint density at radius 2 is 2.00 bits per heavy atom. The van der Waals surface area contributed by atoms with Gasteiger partial charge in [0.2, 0.25) is 0 Å². The molecule has 0 heterocycles. The molecule has 0 saturated heterocycles. The third-order valence-corrected chi connectivity index (χ3v) is 2.94. The van der Waals surface area contributed by atoms with Crippen molar-refractivity contribution in [2.45, 2.75) is 13.8 Å². The molecule has 2 N–H and O–H groups in total. The highest BCUT2D eigenvalue weighted by molar-refractivity contribution is 6.01.